The van der Waals surface area contributed by atoms with Crippen molar-refractivity contribution >= 4 is 38.1 Å². The number of benzene rings is 1. The molecular formula is C13H14N4O3S2. The molecule has 116 valence electrons. The fourth-order valence-corrected chi connectivity index (χ4v) is 3.48. The van der Waals surface area contributed by atoms with E-state index in [4.69, 9.17) is 5.14 Å². The van der Waals surface area contributed by atoms with Crippen LogP contribution in [0.15, 0.2) is 40.7 Å². The number of nitrogens with zero attached hydrogens (tertiary/aromatic N) is 2. The lowest BCUT2D eigenvalue weighted by Crippen LogP contribution is -2.33. The molecule has 1 aromatic heterocycles. The van der Waals surface area contributed by atoms with Gasteiger partial charge in [-0.1, -0.05) is 0 Å². The summed E-state index contributed by atoms with van der Waals surface area (Å²) in [5, 5.41) is 10.7. The highest BCUT2D eigenvalue weighted by atomic mass is 32.2. The Labute approximate surface area is 131 Å². The van der Waals surface area contributed by atoms with Gasteiger partial charge in [-0.3, -0.25) is 9.69 Å². The fourth-order valence-electron chi connectivity index (χ4n) is 2.30. The number of aromatic nitrogens is 1. The molecule has 9 heteroatoms. The summed E-state index contributed by atoms with van der Waals surface area (Å²) >= 11 is 1.42. The molecule has 0 saturated carbocycles. The SMILES string of the molecule is NS(=O)(=O)c1ccc(NC2CCN(c3nccs3)C2=O)cc1. The summed E-state index contributed by atoms with van der Waals surface area (Å²) < 4.78 is 22.4. The van der Waals surface area contributed by atoms with Gasteiger partial charge in [0.25, 0.3) is 5.91 Å². The summed E-state index contributed by atoms with van der Waals surface area (Å²) in [6, 6.07) is 5.67. The molecule has 2 heterocycles. The lowest BCUT2D eigenvalue weighted by molar-refractivity contribution is -0.117. The third kappa shape index (κ3) is 2.96. The Balaban J connectivity index is 1.71. The monoisotopic (exact) mass is 338 g/mol. The zero-order valence-electron chi connectivity index (χ0n) is 11.5. The highest BCUT2D eigenvalue weighted by molar-refractivity contribution is 7.89. The van der Waals surface area contributed by atoms with Crippen molar-refractivity contribution in [3.63, 3.8) is 0 Å². The van der Waals surface area contributed by atoms with E-state index >= 15 is 0 Å². The van der Waals surface area contributed by atoms with Crippen molar-refractivity contribution in [2.24, 2.45) is 5.14 Å². The van der Waals surface area contributed by atoms with Crippen LogP contribution in [0.4, 0.5) is 10.8 Å². The van der Waals surface area contributed by atoms with Crippen LogP contribution in [0.25, 0.3) is 0 Å². The molecule has 7 nitrogen and oxygen atoms in total. The molecule has 1 atom stereocenters. The first kappa shape index (κ1) is 14.9. The Morgan fingerprint density at radius 3 is 2.64 bits per heavy atom. The lowest BCUT2D eigenvalue weighted by Gasteiger charge is -2.15. The number of carbonyl (C=O) groups excluding carboxylic acids is 1. The van der Waals surface area contributed by atoms with Crippen LogP contribution in [0, 0.1) is 0 Å². The standard InChI is InChI=1S/C13H14N4O3S2/c14-22(19,20)10-3-1-9(2-4-10)16-11-5-7-17(12(11)18)13-15-6-8-21-13/h1-4,6,8,11,16H,5,7H2,(H2,14,19,20). The van der Waals surface area contributed by atoms with Gasteiger partial charge in [0.2, 0.25) is 10.0 Å². The van der Waals surface area contributed by atoms with Gasteiger partial charge in [-0.25, -0.2) is 18.5 Å². The van der Waals surface area contributed by atoms with E-state index < -0.39 is 10.0 Å². The number of hydrogen-bond donors (Lipinski definition) is 2. The Hall–Kier alpha value is -1.97. The van der Waals surface area contributed by atoms with Crippen molar-refractivity contribution in [1.82, 2.24) is 4.98 Å². The maximum atomic E-state index is 12.3. The molecule has 1 saturated heterocycles. The molecule has 2 aromatic rings. The van der Waals surface area contributed by atoms with Crippen molar-refractivity contribution in [2.75, 3.05) is 16.8 Å². The summed E-state index contributed by atoms with van der Waals surface area (Å²) in [6.07, 6.45) is 2.33. The minimum Gasteiger partial charge on any atom is -0.374 e. The van der Waals surface area contributed by atoms with Crippen molar-refractivity contribution in [3.8, 4) is 0 Å². The van der Waals surface area contributed by atoms with E-state index in [9.17, 15) is 13.2 Å². The normalized spacial score (nSPS) is 18.7. The van der Waals surface area contributed by atoms with Gasteiger partial charge in [0.15, 0.2) is 5.13 Å². The molecule has 0 spiro atoms. The summed E-state index contributed by atoms with van der Waals surface area (Å²) in [6.45, 7) is 0.610. The Morgan fingerprint density at radius 2 is 2.05 bits per heavy atom. The summed E-state index contributed by atoms with van der Waals surface area (Å²) in [5.41, 5.74) is 0.673. The number of primary sulfonamides is 1. The fraction of sp³-hybridized carbons (Fsp3) is 0.231. The van der Waals surface area contributed by atoms with Gasteiger partial charge >= 0.3 is 0 Å². The quantitative estimate of drug-likeness (QED) is 0.865. The number of amides is 1. The number of nitrogens with one attached hydrogen (secondary N) is 1. The highest BCUT2D eigenvalue weighted by Gasteiger charge is 2.33. The van der Waals surface area contributed by atoms with Crippen LogP contribution < -0.4 is 15.4 Å². The lowest BCUT2D eigenvalue weighted by atomic mass is 10.2. The number of rotatable bonds is 4. The third-order valence-corrected chi connectivity index (χ3v) is 5.10. The van der Waals surface area contributed by atoms with Crippen LogP contribution in [0.2, 0.25) is 0 Å². The zero-order valence-corrected chi connectivity index (χ0v) is 13.1. The first-order valence-corrected chi connectivity index (χ1v) is 8.98. The number of nitrogens with two attached hydrogens (primary N) is 1. The first-order chi connectivity index (χ1) is 10.4. The average molecular weight is 338 g/mol. The summed E-state index contributed by atoms with van der Waals surface area (Å²) in [5.74, 6) is -0.0366. The molecular weight excluding hydrogens is 324 g/mol. The number of hydrogen-bond acceptors (Lipinski definition) is 6. The molecule has 1 unspecified atom stereocenters. The van der Waals surface area contributed by atoms with E-state index in [1.807, 2.05) is 5.38 Å². The minimum atomic E-state index is -3.71. The summed E-state index contributed by atoms with van der Waals surface area (Å²) in [7, 11) is -3.71. The molecule has 0 bridgehead atoms. The third-order valence-electron chi connectivity index (χ3n) is 3.38. The molecule has 0 radical (unpaired) electrons. The van der Waals surface area contributed by atoms with Crippen LogP contribution in [-0.4, -0.2) is 31.9 Å². The molecule has 3 rings (SSSR count). The Kier molecular flexibility index (Phi) is 3.85. The van der Waals surface area contributed by atoms with Crippen molar-refractivity contribution < 1.29 is 13.2 Å². The van der Waals surface area contributed by atoms with Crippen LogP contribution in [-0.2, 0) is 14.8 Å². The van der Waals surface area contributed by atoms with Crippen molar-refractivity contribution in [2.45, 2.75) is 17.4 Å². The van der Waals surface area contributed by atoms with Crippen LogP contribution >= 0.6 is 11.3 Å². The minimum absolute atomic E-state index is 0.0366. The molecule has 1 aromatic carbocycles. The van der Waals surface area contributed by atoms with Crippen molar-refractivity contribution in [1.29, 1.82) is 0 Å². The van der Waals surface area contributed by atoms with E-state index in [0.717, 1.165) is 0 Å². The zero-order chi connectivity index (χ0) is 15.7. The second-order valence-corrected chi connectivity index (χ2v) is 7.29. The van der Waals surface area contributed by atoms with Crippen molar-refractivity contribution in [3.05, 3.63) is 35.8 Å². The maximum Gasteiger partial charge on any atom is 0.251 e. The van der Waals surface area contributed by atoms with Crippen LogP contribution in [0.3, 0.4) is 0 Å². The van der Waals surface area contributed by atoms with Gasteiger partial charge in [0.1, 0.15) is 6.04 Å². The van der Waals surface area contributed by atoms with Gasteiger partial charge in [0, 0.05) is 23.8 Å². The summed E-state index contributed by atoms with van der Waals surface area (Å²) in [4.78, 5) is 18.2. The molecule has 0 aliphatic carbocycles. The number of carbonyl (C=O) groups is 1. The van der Waals surface area contributed by atoms with Gasteiger partial charge in [0.05, 0.1) is 4.90 Å². The topological polar surface area (TPSA) is 105 Å². The van der Waals surface area contributed by atoms with Crippen LogP contribution in [0.1, 0.15) is 6.42 Å². The van der Waals surface area contributed by atoms with E-state index in [2.05, 4.69) is 10.3 Å². The van der Waals surface area contributed by atoms with Gasteiger partial charge < -0.3 is 5.32 Å². The van der Waals surface area contributed by atoms with E-state index in [0.29, 0.717) is 23.8 Å². The smallest absolute Gasteiger partial charge is 0.251 e. The predicted octanol–water partition coefficient (Wildman–Crippen LogP) is 1.01. The first-order valence-electron chi connectivity index (χ1n) is 6.55. The second kappa shape index (κ2) is 5.67. The van der Waals surface area contributed by atoms with E-state index in [1.165, 1.54) is 23.5 Å². The predicted molar refractivity (Wildman–Crippen MR) is 84.3 cm³/mol. The number of anilines is 2. The highest BCUT2D eigenvalue weighted by Crippen LogP contribution is 2.25. The van der Waals surface area contributed by atoms with E-state index in [-0.39, 0.29) is 16.8 Å². The Bertz CT molecular complexity index is 772. The average Bonchev–Trinajstić information content (AvgIpc) is 3.09. The van der Waals surface area contributed by atoms with Gasteiger partial charge in [-0.2, -0.15) is 0 Å². The van der Waals surface area contributed by atoms with Gasteiger partial charge in [-0.05, 0) is 30.7 Å². The molecule has 22 heavy (non-hydrogen) atoms. The number of thiazole rings is 1. The number of sulfonamides is 1. The second-order valence-electron chi connectivity index (χ2n) is 4.86. The molecule has 1 aliphatic rings. The Morgan fingerprint density at radius 1 is 1.32 bits per heavy atom. The van der Waals surface area contributed by atoms with E-state index in [1.54, 1.807) is 23.2 Å². The molecule has 1 amide bonds. The molecule has 1 aliphatic heterocycles. The molecule has 1 fully saturated rings. The maximum absolute atomic E-state index is 12.3. The largest absolute Gasteiger partial charge is 0.374 e. The molecule has 3 N–H and O–H groups in total. The van der Waals surface area contributed by atoms with Crippen LogP contribution in [0.5, 0.6) is 0 Å². The van der Waals surface area contributed by atoms with Gasteiger partial charge in [-0.15, -0.1) is 11.3 Å².